The minimum absolute atomic E-state index is 0.0105. The predicted octanol–water partition coefficient (Wildman–Crippen LogP) is 3.42. The van der Waals surface area contributed by atoms with Gasteiger partial charge in [-0.25, -0.2) is 8.78 Å². The van der Waals surface area contributed by atoms with Crippen LogP contribution in [0.1, 0.15) is 24.5 Å². The number of halogens is 4. The van der Waals surface area contributed by atoms with E-state index in [9.17, 15) is 23.5 Å². The van der Waals surface area contributed by atoms with Gasteiger partial charge in [0.25, 0.3) is 11.8 Å². The van der Waals surface area contributed by atoms with E-state index in [4.69, 9.17) is 32.7 Å². The Hall–Kier alpha value is -2.88. The van der Waals surface area contributed by atoms with E-state index in [1.54, 1.807) is 6.08 Å². The highest BCUT2D eigenvalue weighted by Crippen LogP contribution is 2.38. The summed E-state index contributed by atoms with van der Waals surface area (Å²) >= 11 is 11.3. The largest absolute Gasteiger partial charge is 0.484 e. The molecule has 0 fully saturated rings. The van der Waals surface area contributed by atoms with Gasteiger partial charge in [0.1, 0.15) is 23.1 Å². The first kappa shape index (κ1) is 23.3. The summed E-state index contributed by atoms with van der Waals surface area (Å²) in [4.78, 5) is 24.5. The van der Waals surface area contributed by atoms with Gasteiger partial charge in [-0.15, -0.1) is 0 Å². The first-order chi connectivity index (χ1) is 15.7. The van der Waals surface area contributed by atoms with Gasteiger partial charge in [0.15, 0.2) is 12.7 Å². The topological polar surface area (TPSA) is 96.9 Å². The SMILES string of the molecule is O=C(COc1ccc(Cl)c(F)c1)NC1=CC(NC(=O)[C@H]2C[C@H](O)c3cc(Cl)c(F)cc3O2)C1. The minimum Gasteiger partial charge on any atom is -0.484 e. The summed E-state index contributed by atoms with van der Waals surface area (Å²) in [5.41, 5.74) is 0.908. The van der Waals surface area contributed by atoms with Crippen molar-refractivity contribution >= 4 is 35.0 Å². The van der Waals surface area contributed by atoms with Crippen LogP contribution in [0.5, 0.6) is 11.5 Å². The lowest BCUT2D eigenvalue weighted by molar-refractivity contribution is -0.131. The second-order valence-electron chi connectivity index (χ2n) is 7.59. The Morgan fingerprint density at radius 2 is 1.88 bits per heavy atom. The molecule has 2 aromatic rings. The van der Waals surface area contributed by atoms with Crippen LogP contribution < -0.4 is 20.1 Å². The average Bonchev–Trinajstić information content (AvgIpc) is 2.74. The third-order valence-corrected chi connectivity index (χ3v) is 5.74. The van der Waals surface area contributed by atoms with Crippen LogP contribution in [0, 0.1) is 11.6 Å². The van der Waals surface area contributed by atoms with Gasteiger partial charge in [-0.3, -0.25) is 9.59 Å². The highest BCUT2D eigenvalue weighted by molar-refractivity contribution is 6.31. The Kier molecular flexibility index (Phi) is 6.73. The molecule has 3 N–H and O–H groups in total. The Bertz CT molecular complexity index is 1140. The van der Waals surface area contributed by atoms with E-state index in [2.05, 4.69) is 10.6 Å². The number of rotatable bonds is 6. The third kappa shape index (κ3) is 5.38. The molecule has 1 aliphatic heterocycles. The maximum Gasteiger partial charge on any atom is 0.262 e. The maximum absolute atomic E-state index is 13.7. The summed E-state index contributed by atoms with van der Waals surface area (Å²) < 4.78 is 37.8. The summed E-state index contributed by atoms with van der Waals surface area (Å²) in [6, 6.07) is 5.82. The van der Waals surface area contributed by atoms with Gasteiger partial charge in [0, 0.05) is 36.2 Å². The summed E-state index contributed by atoms with van der Waals surface area (Å²) in [6.45, 7) is -0.330. The monoisotopic (exact) mass is 498 g/mol. The molecule has 0 bridgehead atoms. The number of aliphatic hydroxyl groups is 1. The van der Waals surface area contributed by atoms with Gasteiger partial charge in [-0.1, -0.05) is 23.2 Å². The van der Waals surface area contributed by atoms with Crippen LogP contribution in [-0.4, -0.2) is 35.7 Å². The number of fused-ring (bicyclic) bond motifs is 1. The van der Waals surface area contributed by atoms with Crippen LogP contribution in [0.4, 0.5) is 8.78 Å². The summed E-state index contributed by atoms with van der Waals surface area (Å²) in [5, 5.41) is 15.4. The Morgan fingerprint density at radius 3 is 2.61 bits per heavy atom. The van der Waals surface area contributed by atoms with Crippen LogP contribution in [-0.2, 0) is 9.59 Å². The van der Waals surface area contributed by atoms with Gasteiger partial charge >= 0.3 is 0 Å². The van der Waals surface area contributed by atoms with Crippen LogP contribution in [0.3, 0.4) is 0 Å². The molecule has 174 valence electrons. The number of nitrogens with one attached hydrogen (secondary N) is 2. The number of ether oxygens (including phenoxy) is 2. The molecule has 0 spiro atoms. The standard InChI is InChI=1S/C22H18Cl2F2N2O5/c23-14-2-1-12(5-16(14)25)32-9-21(30)27-10-3-11(4-10)28-22(31)20-8-18(29)13-6-15(24)17(26)7-19(13)33-20/h1-3,5-7,11,18,20,29H,4,8-9H2,(H,27,30)(H,28,31)/t11?,18-,20+/m0/s1. The lowest BCUT2D eigenvalue weighted by Gasteiger charge is -2.32. The van der Waals surface area contributed by atoms with Gasteiger partial charge < -0.3 is 25.2 Å². The van der Waals surface area contributed by atoms with Gasteiger partial charge in [-0.2, -0.15) is 0 Å². The second-order valence-corrected chi connectivity index (χ2v) is 8.40. The van der Waals surface area contributed by atoms with Crippen molar-refractivity contribution < 1.29 is 33.0 Å². The van der Waals surface area contributed by atoms with Crippen molar-refractivity contribution in [3.8, 4) is 11.5 Å². The van der Waals surface area contributed by atoms with E-state index in [0.29, 0.717) is 17.7 Å². The first-order valence-electron chi connectivity index (χ1n) is 9.92. The molecule has 4 rings (SSSR count). The number of hydrogen-bond acceptors (Lipinski definition) is 5. The van der Waals surface area contributed by atoms with Crippen molar-refractivity contribution in [3.63, 3.8) is 0 Å². The molecule has 0 aromatic heterocycles. The summed E-state index contributed by atoms with van der Waals surface area (Å²) in [5.74, 6) is -2.06. The molecule has 1 heterocycles. The van der Waals surface area contributed by atoms with E-state index in [0.717, 1.165) is 12.1 Å². The first-order valence-corrected chi connectivity index (χ1v) is 10.7. The fraction of sp³-hybridized carbons (Fsp3) is 0.273. The zero-order chi connectivity index (χ0) is 23.7. The number of carbonyl (C=O) groups is 2. The predicted molar refractivity (Wildman–Crippen MR) is 115 cm³/mol. The molecule has 7 nitrogen and oxygen atoms in total. The molecular weight excluding hydrogens is 481 g/mol. The Morgan fingerprint density at radius 1 is 1.15 bits per heavy atom. The van der Waals surface area contributed by atoms with E-state index < -0.39 is 35.7 Å². The lowest BCUT2D eigenvalue weighted by atomic mass is 9.96. The highest BCUT2D eigenvalue weighted by Gasteiger charge is 2.34. The average molecular weight is 499 g/mol. The molecule has 2 aliphatic rings. The number of amides is 2. The Balaban J connectivity index is 1.25. The molecule has 0 saturated carbocycles. The molecule has 2 aromatic carbocycles. The van der Waals surface area contributed by atoms with Gasteiger partial charge in [-0.05, 0) is 24.3 Å². The molecule has 33 heavy (non-hydrogen) atoms. The normalized spacial score (nSPS) is 21.1. The smallest absolute Gasteiger partial charge is 0.262 e. The highest BCUT2D eigenvalue weighted by atomic mass is 35.5. The molecule has 1 aliphatic carbocycles. The van der Waals surface area contributed by atoms with Crippen LogP contribution in [0.25, 0.3) is 0 Å². The van der Waals surface area contributed by atoms with Crippen molar-refractivity contribution in [1.29, 1.82) is 0 Å². The molecule has 0 radical (unpaired) electrons. The van der Waals surface area contributed by atoms with E-state index in [-0.39, 0.29) is 40.6 Å². The van der Waals surface area contributed by atoms with Gasteiger partial charge in [0.2, 0.25) is 0 Å². The quantitative estimate of drug-likeness (QED) is 0.566. The molecular formula is C22H18Cl2F2N2O5. The minimum atomic E-state index is -1.02. The van der Waals surface area contributed by atoms with E-state index in [1.165, 1.54) is 18.2 Å². The maximum atomic E-state index is 13.7. The van der Waals surface area contributed by atoms with E-state index >= 15 is 0 Å². The number of aliphatic hydroxyl groups excluding tert-OH is 1. The zero-order valence-electron chi connectivity index (χ0n) is 16.9. The van der Waals surface area contributed by atoms with Crippen molar-refractivity contribution in [2.75, 3.05) is 6.61 Å². The van der Waals surface area contributed by atoms with E-state index in [1.807, 2.05) is 0 Å². The molecule has 0 saturated heterocycles. The zero-order valence-corrected chi connectivity index (χ0v) is 18.4. The number of benzene rings is 2. The molecule has 11 heteroatoms. The number of carbonyl (C=O) groups excluding carboxylic acids is 2. The molecule has 1 unspecified atom stereocenters. The van der Waals surface area contributed by atoms with Crippen LogP contribution in [0.15, 0.2) is 42.1 Å². The van der Waals surface area contributed by atoms with Crippen molar-refractivity contribution in [1.82, 2.24) is 10.6 Å². The van der Waals surface area contributed by atoms with Crippen LogP contribution in [0.2, 0.25) is 10.0 Å². The fourth-order valence-electron chi connectivity index (χ4n) is 3.44. The fourth-order valence-corrected chi connectivity index (χ4v) is 3.73. The number of hydrogen-bond donors (Lipinski definition) is 3. The molecule has 3 atom stereocenters. The van der Waals surface area contributed by atoms with Crippen molar-refractivity contribution in [2.45, 2.75) is 31.1 Å². The van der Waals surface area contributed by atoms with Crippen molar-refractivity contribution in [2.24, 2.45) is 0 Å². The molecule has 2 amide bonds. The third-order valence-electron chi connectivity index (χ3n) is 5.14. The second kappa shape index (κ2) is 9.54. The van der Waals surface area contributed by atoms with Crippen molar-refractivity contribution in [3.05, 3.63) is 69.3 Å². The summed E-state index contributed by atoms with van der Waals surface area (Å²) in [6.07, 6.45) is -0.0337. The van der Waals surface area contributed by atoms with Crippen LogP contribution >= 0.6 is 23.2 Å². The Labute approximate surface area is 197 Å². The van der Waals surface area contributed by atoms with Gasteiger partial charge in [0.05, 0.1) is 22.2 Å². The summed E-state index contributed by atoms with van der Waals surface area (Å²) in [7, 11) is 0. The lowest BCUT2D eigenvalue weighted by Crippen LogP contribution is -2.48.